The number of carbonyl (C=O) groups excluding carboxylic acids is 2. The predicted octanol–water partition coefficient (Wildman–Crippen LogP) is 2.01. The number of nitrogens with one attached hydrogen (secondary N) is 3. The van der Waals surface area contributed by atoms with Crippen molar-refractivity contribution in [2.75, 3.05) is 5.32 Å². The van der Waals surface area contributed by atoms with Crippen molar-refractivity contribution in [3.05, 3.63) is 64.1 Å². The first kappa shape index (κ1) is 15.5. The molecular weight excluding hydrogens is 310 g/mol. The number of H-pyrrole nitrogens is 1. The van der Waals surface area contributed by atoms with Crippen molar-refractivity contribution >= 4 is 28.6 Å². The molecule has 24 heavy (non-hydrogen) atoms. The Kier molecular flexibility index (Phi) is 4.15. The largest absolute Gasteiger partial charge is 0.417 e. The van der Waals surface area contributed by atoms with Crippen LogP contribution in [0.5, 0.6) is 0 Å². The quantitative estimate of drug-likeness (QED) is 0.682. The number of carbonyl (C=O) groups is 2. The Morgan fingerprint density at radius 3 is 2.79 bits per heavy atom. The van der Waals surface area contributed by atoms with E-state index in [9.17, 15) is 14.4 Å². The van der Waals surface area contributed by atoms with Crippen molar-refractivity contribution < 1.29 is 14.0 Å². The molecule has 7 nitrogen and oxygen atoms in total. The monoisotopic (exact) mass is 325 g/mol. The summed E-state index contributed by atoms with van der Waals surface area (Å²) in [4.78, 5) is 37.0. The minimum absolute atomic E-state index is 0.199. The number of hydrogen-bond donors (Lipinski definition) is 3. The van der Waals surface area contributed by atoms with Crippen molar-refractivity contribution in [1.29, 1.82) is 0 Å². The van der Waals surface area contributed by atoms with Crippen LogP contribution in [-0.2, 0) is 11.3 Å². The first-order valence-electron chi connectivity index (χ1n) is 7.29. The molecule has 0 fully saturated rings. The highest BCUT2D eigenvalue weighted by molar-refractivity contribution is 5.96. The van der Waals surface area contributed by atoms with Gasteiger partial charge in [-0.3, -0.25) is 14.6 Å². The van der Waals surface area contributed by atoms with Gasteiger partial charge in [0.05, 0.1) is 5.52 Å². The maximum Gasteiger partial charge on any atom is 0.417 e. The summed E-state index contributed by atoms with van der Waals surface area (Å²) < 4.78 is 4.93. The van der Waals surface area contributed by atoms with Crippen molar-refractivity contribution in [1.82, 2.24) is 10.3 Å². The van der Waals surface area contributed by atoms with Crippen LogP contribution in [0, 0.1) is 0 Å². The molecule has 0 aliphatic rings. The maximum absolute atomic E-state index is 12.2. The lowest BCUT2D eigenvalue weighted by atomic mass is 10.1. The second kappa shape index (κ2) is 6.41. The summed E-state index contributed by atoms with van der Waals surface area (Å²) >= 11 is 0. The highest BCUT2D eigenvalue weighted by Crippen LogP contribution is 2.13. The van der Waals surface area contributed by atoms with E-state index in [1.54, 1.807) is 42.5 Å². The van der Waals surface area contributed by atoms with Gasteiger partial charge in [-0.25, -0.2) is 4.79 Å². The van der Waals surface area contributed by atoms with Crippen LogP contribution >= 0.6 is 0 Å². The number of anilines is 1. The number of aromatic nitrogens is 1. The third-order valence-corrected chi connectivity index (χ3v) is 3.38. The van der Waals surface area contributed by atoms with E-state index in [1.807, 2.05) is 0 Å². The van der Waals surface area contributed by atoms with Crippen molar-refractivity contribution in [2.45, 2.75) is 13.5 Å². The lowest BCUT2D eigenvalue weighted by Crippen LogP contribution is -2.23. The summed E-state index contributed by atoms with van der Waals surface area (Å²) in [6, 6.07) is 11.9. The standard InChI is InChI=1S/C17H15N3O4/c1-10(21)19-13-4-2-3-12(8-13)16(22)18-9-11-5-6-15-14(7-11)20-17(23)24-15/h2-8H,9H2,1H3,(H,18,22)(H,19,21)(H,20,23). The lowest BCUT2D eigenvalue weighted by Gasteiger charge is -2.07. The molecule has 0 aliphatic heterocycles. The fraction of sp³-hybridized carbons (Fsp3) is 0.118. The average molecular weight is 325 g/mol. The second-order valence-electron chi connectivity index (χ2n) is 5.29. The van der Waals surface area contributed by atoms with Gasteiger partial charge in [0.15, 0.2) is 5.58 Å². The fourth-order valence-corrected chi connectivity index (χ4v) is 2.33. The molecule has 0 bridgehead atoms. The Hall–Kier alpha value is -3.35. The number of rotatable bonds is 4. The van der Waals surface area contributed by atoms with Crippen molar-refractivity contribution in [2.24, 2.45) is 0 Å². The Bertz CT molecular complexity index is 971. The van der Waals surface area contributed by atoms with Crippen LogP contribution in [0.15, 0.2) is 51.7 Å². The van der Waals surface area contributed by atoms with E-state index in [0.717, 1.165) is 5.56 Å². The molecule has 0 radical (unpaired) electrons. The predicted molar refractivity (Wildman–Crippen MR) is 88.8 cm³/mol. The molecular formula is C17H15N3O4. The molecule has 0 spiro atoms. The van der Waals surface area contributed by atoms with Gasteiger partial charge in [-0.2, -0.15) is 0 Å². The number of amides is 2. The van der Waals surface area contributed by atoms with Gasteiger partial charge in [0.2, 0.25) is 5.91 Å². The van der Waals surface area contributed by atoms with Crippen molar-refractivity contribution in [3.63, 3.8) is 0 Å². The van der Waals surface area contributed by atoms with Gasteiger partial charge in [0.1, 0.15) is 0 Å². The van der Waals surface area contributed by atoms with Crippen LogP contribution in [0.3, 0.4) is 0 Å². The molecule has 3 N–H and O–H groups in total. The summed E-state index contributed by atoms with van der Waals surface area (Å²) in [5, 5.41) is 5.43. The topological polar surface area (TPSA) is 104 Å². The summed E-state index contributed by atoms with van der Waals surface area (Å²) in [5.74, 6) is -0.973. The van der Waals surface area contributed by atoms with Gasteiger partial charge in [-0.05, 0) is 35.9 Å². The number of benzene rings is 2. The van der Waals surface area contributed by atoms with Crippen LogP contribution < -0.4 is 16.4 Å². The zero-order valence-corrected chi connectivity index (χ0v) is 12.9. The molecule has 122 valence electrons. The van der Waals surface area contributed by atoms with Crippen LogP contribution in [0.4, 0.5) is 5.69 Å². The minimum atomic E-state index is -0.513. The molecule has 3 rings (SSSR count). The normalized spacial score (nSPS) is 10.5. The van der Waals surface area contributed by atoms with E-state index >= 15 is 0 Å². The average Bonchev–Trinajstić information content (AvgIpc) is 2.91. The number of aromatic amines is 1. The van der Waals surface area contributed by atoms with E-state index in [0.29, 0.717) is 28.9 Å². The SMILES string of the molecule is CC(=O)Nc1cccc(C(=O)NCc2ccc3oc(=O)[nH]c3c2)c1. The summed E-state index contributed by atoms with van der Waals surface area (Å²) in [6.07, 6.45) is 0. The molecule has 0 saturated carbocycles. The first-order valence-corrected chi connectivity index (χ1v) is 7.29. The number of oxazole rings is 1. The van der Waals surface area contributed by atoms with E-state index in [2.05, 4.69) is 15.6 Å². The molecule has 3 aromatic rings. The van der Waals surface area contributed by atoms with Crippen LogP contribution in [0.1, 0.15) is 22.8 Å². The fourth-order valence-electron chi connectivity index (χ4n) is 2.33. The van der Waals surface area contributed by atoms with Gasteiger partial charge in [-0.1, -0.05) is 12.1 Å². The minimum Gasteiger partial charge on any atom is -0.408 e. The van der Waals surface area contributed by atoms with Gasteiger partial charge in [-0.15, -0.1) is 0 Å². The van der Waals surface area contributed by atoms with Gasteiger partial charge in [0.25, 0.3) is 5.91 Å². The molecule has 0 aliphatic carbocycles. The Balaban J connectivity index is 1.69. The molecule has 0 unspecified atom stereocenters. The van der Waals surface area contributed by atoms with Gasteiger partial charge in [0, 0.05) is 24.7 Å². The van der Waals surface area contributed by atoms with E-state index in [1.165, 1.54) is 6.92 Å². The molecule has 7 heteroatoms. The van der Waals surface area contributed by atoms with Crippen LogP contribution in [0.2, 0.25) is 0 Å². The zero-order valence-electron chi connectivity index (χ0n) is 12.9. The Morgan fingerprint density at radius 1 is 1.17 bits per heavy atom. The van der Waals surface area contributed by atoms with Crippen molar-refractivity contribution in [3.8, 4) is 0 Å². The van der Waals surface area contributed by atoms with Crippen LogP contribution in [0.25, 0.3) is 11.1 Å². The van der Waals surface area contributed by atoms with E-state index < -0.39 is 5.76 Å². The smallest absolute Gasteiger partial charge is 0.408 e. The highest BCUT2D eigenvalue weighted by atomic mass is 16.4. The lowest BCUT2D eigenvalue weighted by molar-refractivity contribution is -0.114. The second-order valence-corrected chi connectivity index (χ2v) is 5.29. The molecule has 1 aromatic heterocycles. The zero-order chi connectivity index (χ0) is 17.1. The molecule has 1 heterocycles. The van der Waals surface area contributed by atoms with Gasteiger partial charge < -0.3 is 15.1 Å². The third kappa shape index (κ3) is 3.52. The molecule has 0 atom stereocenters. The molecule has 2 amide bonds. The molecule has 0 saturated heterocycles. The molecule has 2 aromatic carbocycles. The van der Waals surface area contributed by atoms with Gasteiger partial charge >= 0.3 is 5.76 Å². The number of hydrogen-bond acceptors (Lipinski definition) is 4. The summed E-state index contributed by atoms with van der Waals surface area (Å²) in [7, 11) is 0. The first-order chi connectivity index (χ1) is 11.5. The Labute approximate surface area is 136 Å². The maximum atomic E-state index is 12.2. The third-order valence-electron chi connectivity index (χ3n) is 3.38. The highest BCUT2D eigenvalue weighted by Gasteiger charge is 2.08. The summed E-state index contributed by atoms with van der Waals surface area (Å²) in [5.41, 5.74) is 2.88. The van der Waals surface area contributed by atoms with E-state index in [4.69, 9.17) is 4.42 Å². The summed E-state index contributed by atoms with van der Waals surface area (Å²) in [6.45, 7) is 1.70. The van der Waals surface area contributed by atoms with E-state index in [-0.39, 0.29) is 11.8 Å². The number of fused-ring (bicyclic) bond motifs is 1. The Morgan fingerprint density at radius 2 is 2.00 bits per heavy atom. The van der Waals surface area contributed by atoms with Crippen LogP contribution in [-0.4, -0.2) is 16.8 Å².